The van der Waals surface area contributed by atoms with Crippen molar-refractivity contribution in [2.24, 2.45) is 0 Å². The van der Waals surface area contributed by atoms with E-state index < -0.39 is 43.5 Å². The fourth-order valence-corrected chi connectivity index (χ4v) is 0.364. The predicted octanol–water partition coefficient (Wildman–Crippen LogP) is 2.25. The summed E-state index contributed by atoms with van der Waals surface area (Å²) in [5.74, 6) is 0. The van der Waals surface area contributed by atoms with Crippen LogP contribution in [0.4, 0.5) is 0 Å². The van der Waals surface area contributed by atoms with Crippen molar-refractivity contribution in [2.75, 3.05) is 0 Å². The highest BCUT2D eigenvalue weighted by molar-refractivity contribution is 5.13. The molecule has 0 unspecified atom stereocenters. The molecule has 1 aromatic rings. The summed E-state index contributed by atoms with van der Waals surface area (Å²) >= 11 is 0. The van der Waals surface area contributed by atoms with E-state index in [-0.39, 0.29) is 5.56 Å². The molecular weight excluding hydrogens is 96.1 g/mol. The lowest BCUT2D eigenvalue weighted by Gasteiger charge is -1.89. The Morgan fingerprint density at radius 3 is 2.88 bits per heavy atom. The topological polar surface area (TPSA) is 0 Å². The van der Waals surface area contributed by atoms with Gasteiger partial charge in [0.25, 0.3) is 0 Å². The smallest absolute Gasteiger partial charge is 0.0622 e. The zero-order chi connectivity index (χ0) is 12.7. The normalized spacial score (nSPS) is 25.0. The van der Waals surface area contributed by atoms with Crippen LogP contribution in [0.3, 0.4) is 0 Å². The fraction of sp³-hybridized carbons (Fsp3) is 0.250. The van der Waals surface area contributed by atoms with Gasteiger partial charge in [0.05, 0.1) is 6.85 Å². The van der Waals surface area contributed by atoms with Gasteiger partial charge in [-0.05, 0) is 12.0 Å². The van der Waals surface area contributed by atoms with E-state index in [1.807, 2.05) is 0 Å². The van der Waals surface area contributed by atoms with Gasteiger partial charge in [0.2, 0.25) is 0 Å². The van der Waals surface area contributed by atoms with Gasteiger partial charge in [-0.15, -0.1) is 0 Å². The minimum atomic E-state index is -2.35. The average Bonchev–Trinajstić information content (AvgIpc) is 2.17. The zero-order valence-corrected chi connectivity index (χ0v) is 4.21. The number of rotatable bonds is 1. The molecule has 0 nitrogen and oxygen atoms in total. The van der Waals surface area contributed by atoms with Crippen molar-refractivity contribution in [3.05, 3.63) is 35.8 Å². The number of hydrogen-bond acceptors (Lipinski definition) is 0. The first kappa shape index (κ1) is 1.21. The van der Waals surface area contributed by atoms with E-state index in [1.165, 1.54) is 0 Å². The summed E-state index contributed by atoms with van der Waals surface area (Å²) in [6.45, 7) is -2.35. The predicted molar refractivity (Wildman–Crippen MR) is 35.8 cm³/mol. The standard InChI is InChI=1S/C8H10/c1-2-8-6-4-3-5-7-8/h3-7H,2H2,1H3/i1D3,3D,4D,5D,6D,7D. The molecule has 1 rings (SSSR count). The van der Waals surface area contributed by atoms with E-state index >= 15 is 0 Å². The second kappa shape index (κ2) is 2.51. The third kappa shape index (κ3) is 1.09. The van der Waals surface area contributed by atoms with Crippen LogP contribution in [0.1, 0.15) is 23.4 Å². The quantitative estimate of drug-likeness (QED) is 0.525. The van der Waals surface area contributed by atoms with Crippen molar-refractivity contribution in [2.45, 2.75) is 13.3 Å². The van der Waals surface area contributed by atoms with Gasteiger partial charge < -0.3 is 0 Å². The van der Waals surface area contributed by atoms with Gasteiger partial charge in [-0.3, -0.25) is 0 Å². The molecule has 0 radical (unpaired) electrons. The first-order chi connectivity index (χ1) is 7.15. The Morgan fingerprint density at radius 1 is 1.50 bits per heavy atom. The first-order valence-corrected chi connectivity index (χ1v) is 2.21. The maximum absolute atomic E-state index is 7.49. The van der Waals surface area contributed by atoms with Crippen molar-refractivity contribution in [3.63, 3.8) is 0 Å². The molecule has 42 valence electrons. The summed E-state index contributed by atoms with van der Waals surface area (Å²) in [6, 6.07) is -2.39. The fourth-order valence-electron chi connectivity index (χ4n) is 0.364. The summed E-state index contributed by atoms with van der Waals surface area (Å²) in [7, 11) is 0. The molecule has 8 heavy (non-hydrogen) atoms. The van der Waals surface area contributed by atoms with Crippen molar-refractivity contribution in [1.29, 1.82) is 0 Å². The van der Waals surface area contributed by atoms with Gasteiger partial charge in [-0.2, -0.15) is 0 Å². The largest absolute Gasteiger partial charge is 0.0626 e. The van der Waals surface area contributed by atoms with Crippen molar-refractivity contribution >= 4 is 0 Å². The lowest BCUT2D eigenvalue weighted by molar-refractivity contribution is 1.14. The molecule has 0 bridgehead atoms. The highest BCUT2D eigenvalue weighted by Gasteiger charge is 1.79. The van der Waals surface area contributed by atoms with Crippen LogP contribution in [0.15, 0.2) is 30.2 Å². The molecule has 0 saturated heterocycles. The van der Waals surface area contributed by atoms with E-state index in [1.54, 1.807) is 0 Å². The van der Waals surface area contributed by atoms with Gasteiger partial charge >= 0.3 is 0 Å². The Kier molecular flexibility index (Phi) is 0.378. The average molecular weight is 114 g/mol. The van der Waals surface area contributed by atoms with E-state index in [2.05, 4.69) is 0 Å². The van der Waals surface area contributed by atoms with Crippen molar-refractivity contribution < 1.29 is 11.0 Å². The van der Waals surface area contributed by atoms with E-state index in [0.29, 0.717) is 0 Å². The SMILES string of the molecule is [2H]c1c([2H])c([2H])c(CC([2H])([2H])[2H])c([2H])c1[2H]. The third-order valence-electron chi connectivity index (χ3n) is 0.729. The van der Waals surface area contributed by atoms with Crippen LogP contribution in [0, 0.1) is 0 Å². The highest BCUT2D eigenvalue weighted by Crippen LogP contribution is 1.96. The monoisotopic (exact) mass is 114 g/mol. The third-order valence-corrected chi connectivity index (χ3v) is 0.729. The van der Waals surface area contributed by atoms with E-state index in [4.69, 9.17) is 11.0 Å². The summed E-state index contributed by atoms with van der Waals surface area (Å²) < 4.78 is 58.2. The lowest BCUT2D eigenvalue weighted by Crippen LogP contribution is -1.73. The second-order valence-electron chi connectivity index (χ2n) is 1.28. The Morgan fingerprint density at radius 2 is 2.25 bits per heavy atom. The first-order valence-electron chi connectivity index (χ1n) is 6.21. The minimum Gasteiger partial charge on any atom is -0.0622 e. The van der Waals surface area contributed by atoms with Gasteiger partial charge in [-0.25, -0.2) is 0 Å². The van der Waals surface area contributed by atoms with Crippen LogP contribution in [-0.2, 0) is 6.42 Å². The molecule has 0 amide bonds. The molecule has 0 aliphatic rings. The van der Waals surface area contributed by atoms with Crippen molar-refractivity contribution in [1.82, 2.24) is 0 Å². The van der Waals surface area contributed by atoms with Crippen LogP contribution in [0.2, 0.25) is 0 Å². The number of benzene rings is 1. The second-order valence-corrected chi connectivity index (χ2v) is 1.28. The van der Waals surface area contributed by atoms with Gasteiger partial charge in [0.15, 0.2) is 0 Å². The molecule has 0 aliphatic carbocycles. The summed E-state index contributed by atoms with van der Waals surface area (Å²) in [5, 5.41) is 0. The molecule has 0 N–H and O–H groups in total. The zero-order valence-electron chi connectivity index (χ0n) is 12.2. The Labute approximate surface area is 61.4 Å². The molecule has 0 spiro atoms. The Bertz CT molecular complexity index is 390. The van der Waals surface area contributed by atoms with Crippen LogP contribution >= 0.6 is 0 Å². The molecule has 0 heterocycles. The van der Waals surface area contributed by atoms with Crippen LogP contribution < -0.4 is 0 Å². The van der Waals surface area contributed by atoms with Gasteiger partial charge in [-0.1, -0.05) is 37.1 Å². The molecule has 0 aromatic heterocycles. The molecule has 0 atom stereocenters. The molecule has 0 heteroatoms. The maximum atomic E-state index is 7.49. The summed E-state index contributed by atoms with van der Waals surface area (Å²) in [5.41, 5.74) is -0.161. The van der Waals surface area contributed by atoms with Gasteiger partial charge in [0, 0.05) is 4.11 Å². The summed E-state index contributed by atoms with van der Waals surface area (Å²) in [6.07, 6.45) is -0.525. The molecule has 0 saturated carbocycles. The van der Waals surface area contributed by atoms with E-state index in [9.17, 15) is 0 Å². The maximum Gasteiger partial charge on any atom is 0.0626 e. The van der Waals surface area contributed by atoms with Crippen LogP contribution in [0.25, 0.3) is 0 Å². The Hall–Kier alpha value is -0.780. The Balaban J connectivity index is 3.40. The highest BCUT2D eigenvalue weighted by atomic mass is 13.9. The van der Waals surface area contributed by atoms with Crippen molar-refractivity contribution in [3.8, 4) is 0 Å². The minimum absolute atomic E-state index is 0.161. The van der Waals surface area contributed by atoms with Crippen LogP contribution in [0.5, 0.6) is 0 Å². The van der Waals surface area contributed by atoms with E-state index in [0.717, 1.165) is 0 Å². The lowest BCUT2D eigenvalue weighted by atomic mass is 10.2. The molecular formula is C8H10. The number of hydrogen-bond donors (Lipinski definition) is 0. The molecule has 1 aromatic carbocycles. The molecule has 0 aliphatic heterocycles. The molecule has 0 fully saturated rings. The van der Waals surface area contributed by atoms with Gasteiger partial charge in [0.1, 0.15) is 0 Å². The summed E-state index contributed by atoms with van der Waals surface area (Å²) in [4.78, 5) is 0. The van der Waals surface area contributed by atoms with Crippen LogP contribution in [-0.4, -0.2) is 0 Å².